The molecule has 4 rings (SSSR count). The number of rotatable bonds is 9. The lowest BCUT2D eigenvalue weighted by molar-refractivity contribution is -0.150. The molecule has 42 heavy (non-hydrogen) atoms. The number of hydrogen-bond acceptors (Lipinski definition) is 5. The van der Waals surface area contributed by atoms with Gasteiger partial charge in [0.25, 0.3) is 0 Å². The SMILES string of the molecule is O=C1N[C@@H](c2ccccc2)COC(=O)[C@H](Cc2ccc(F)cc2)C/C=C\C[C@@H]1CC(=O)N(CCO)Cc1ccccc1. The van der Waals surface area contributed by atoms with E-state index in [0.717, 1.165) is 16.7 Å². The molecule has 0 aliphatic carbocycles. The number of benzene rings is 3. The highest BCUT2D eigenvalue weighted by atomic mass is 19.1. The van der Waals surface area contributed by atoms with E-state index in [1.54, 1.807) is 17.0 Å². The van der Waals surface area contributed by atoms with E-state index in [2.05, 4.69) is 5.32 Å². The van der Waals surface area contributed by atoms with Gasteiger partial charge in [0.05, 0.1) is 24.5 Å². The maximum absolute atomic E-state index is 13.6. The number of carbonyl (C=O) groups is 3. The average Bonchev–Trinajstić information content (AvgIpc) is 3.01. The van der Waals surface area contributed by atoms with Crippen LogP contribution in [-0.4, -0.2) is 47.5 Å². The number of nitrogens with one attached hydrogen (secondary N) is 1. The molecule has 0 fully saturated rings. The summed E-state index contributed by atoms with van der Waals surface area (Å²) in [6, 6.07) is 24.2. The van der Waals surface area contributed by atoms with E-state index in [1.807, 2.05) is 72.8 Å². The Bertz CT molecular complexity index is 1330. The summed E-state index contributed by atoms with van der Waals surface area (Å²) >= 11 is 0. The lowest BCUT2D eigenvalue weighted by atomic mass is 9.93. The van der Waals surface area contributed by atoms with E-state index < -0.39 is 23.8 Å². The van der Waals surface area contributed by atoms with Crippen LogP contribution >= 0.6 is 0 Å². The molecule has 2 amide bonds. The molecular weight excluding hydrogens is 535 g/mol. The Balaban J connectivity index is 1.55. The zero-order chi connectivity index (χ0) is 29.7. The molecule has 1 heterocycles. The van der Waals surface area contributed by atoms with Crippen LogP contribution in [0, 0.1) is 17.7 Å². The third-order valence-corrected chi connectivity index (χ3v) is 7.38. The van der Waals surface area contributed by atoms with Crippen LogP contribution in [0.25, 0.3) is 0 Å². The van der Waals surface area contributed by atoms with E-state index in [9.17, 15) is 23.9 Å². The molecule has 2 N–H and O–H groups in total. The van der Waals surface area contributed by atoms with E-state index in [-0.39, 0.29) is 43.8 Å². The Morgan fingerprint density at radius 1 is 0.881 bits per heavy atom. The van der Waals surface area contributed by atoms with Crippen LogP contribution in [0.3, 0.4) is 0 Å². The molecule has 220 valence electrons. The zero-order valence-electron chi connectivity index (χ0n) is 23.5. The molecule has 0 radical (unpaired) electrons. The number of esters is 1. The van der Waals surface area contributed by atoms with Gasteiger partial charge in [0.15, 0.2) is 0 Å². The van der Waals surface area contributed by atoms with Gasteiger partial charge in [0.1, 0.15) is 12.4 Å². The first-order chi connectivity index (χ1) is 20.4. The van der Waals surface area contributed by atoms with E-state index in [4.69, 9.17) is 4.74 Å². The minimum absolute atomic E-state index is 0.0384. The smallest absolute Gasteiger partial charge is 0.309 e. The number of allylic oxidation sites excluding steroid dienone is 2. The molecule has 3 atom stereocenters. The molecular formula is C34H37FN2O5. The van der Waals surface area contributed by atoms with Crippen LogP contribution in [0.2, 0.25) is 0 Å². The van der Waals surface area contributed by atoms with Gasteiger partial charge in [-0.15, -0.1) is 0 Å². The van der Waals surface area contributed by atoms with Crippen molar-refractivity contribution in [1.29, 1.82) is 0 Å². The molecule has 3 aromatic rings. The molecule has 0 spiro atoms. The molecule has 1 aliphatic heterocycles. The monoisotopic (exact) mass is 572 g/mol. The number of aliphatic hydroxyl groups is 1. The number of cyclic esters (lactones) is 1. The molecule has 0 saturated carbocycles. The van der Waals surface area contributed by atoms with Crippen LogP contribution in [-0.2, 0) is 32.1 Å². The number of ether oxygens (including phenoxy) is 1. The van der Waals surface area contributed by atoms with Gasteiger partial charge in [-0.25, -0.2) is 4.39 Å². The third-order valence-electron chi connectivity index (χ3n) is 7.38. The Labute approximate surface area is 246 Å². The van der Waals surface area contributed by atoms with Gasteiger partial charge < -0.3 is 20.1 Å². The zero-order valence-corrected chi connectivity index (χ0v) is 23.5. The van der Waals surface area contributed by atoms with Crippen molar-refractivity contribution in [3.8, 4) is 0 Å². The second kappa shape index (κ2) is 15.6. The second-order valence-electron chi connectivity index (χ2n) is 10.5. The van der Waals surface area contributed by atoms with E-state index >= 15 is 0 Å². The lowest BCUT2D eigenvalue weighted by Crippen LogP contribution is -2.40. The van der Waals surface area contributed by atoms with Crippen molar-refractivity contribution in [2.75, 3.05) is 19.8 Å². The first-order valence-electron chi connectivity index (χ1n) is 14.3. The Morgan fingerprint density at radius 3 is 2.19 bits per heavy atom. The number of hydrogen-bond donors (Lipinski definition) is 2. The highest BCUT2D eigenvalue weighted by Gasteiger charge is 2.29. The minimum Gasteiger partial charge on any atom is -0.463 e. The van der Waals surface area contributed by atoms with Gasteiger partial charge in [-0.1, -0.05) is 84.9 Å². The van der Waals surface area contributed by atoms with Crippen LogP contribution < -0.4 is 5.32 Å². The Kier molecular flexibility index (Phi) is 11.4. The summed E-state index contributed by atoms with van der Waals surface area (Å²) in [6.45, 7) is 0.236. The fraction of sp³-hybridized carbons (Fsp3) is 0.324. The quantitative estimate of drug-likeness (QED) is 0.285. The fourth-order valence-electron chi connectivity index (χ4n) is 5.01. The minimum atomic E-state index is -0.664. The predicted molar refractivity (Wildman–Crippen MR) is 157 cm³/mol. The second-order valence-corrected chi connectivity index (χ2v) is 10.5. The number of carbonyl (C=O) groups excluding carboxylic acids is 3. The van der Waals surface area contributed by atoms with Crippen molar-refractivity contribution in [2.45, 2.75) is 38.3 Å². The van der Waals surface area contributed by atoms with Gasteiger partial charge in [-0.05, 0) is 48.1 Å². The van der Waals surface area contributed by atoms with Gasteiger partial charge >= 0.3 is 5.97 Å². The van der Waals surface area contributed by atoms with Crippen molar-refractivity contribution in [1.82, 2.24) is 10.2 Å². The van der Waals surface area contributed by atoms with Crippen LogP contribution in [0.1, 0.15) is 42.0 Å². The summed E-state index contributed by atoms with van der Waals surface area (Å²) < 4.78 is 19.2. The highest BCUT2D eigenvalue weighted by Crippen LogP contribution is 2.22. The van der Waals surface area contributed by atoms with Crippen LogP contribution in [0.4, 0.5) is 4.39 Å². The largest absolute Gasteiger partial charge is 0.463 e. The molecule has 0 saturated heterocycles. The Morgan fingerprint density at radius 2 is 1.52 bits per heavy atom. The molecule has 0 unspecified atom stereocenters. The average molecular weight is 573 g/mol. The van der Waals surface area contributed by atoms with Crippen LogP contribution in [0.15, 0.2) is 97.1 Å². The maximum atomic E-state index is 13.6. The normalized spacial score (nSPS) is 20.4. The summed E-state index contributed by atoms with van der Waals surface area (Å²) in [4.78, 5) is 41.7. The van der Waals surface area contributed by atoms with Crippen LogP contribution in [0.5, 0.6) is 0 Å². The maximum Gasteiger partial charge on any atom is 0.309 e. The molecule has 0 bridgehead atoms. The molecule has 8 heteroatoms. The number of halogens is 1. The molecule has 3 aromatic carbocycles. The van der Waals surface area contributed by atoms with E-state index in [0.29, 0.717) is 25.8 Å². The molecule has 1 aliphatic rings. The van der Waals surface area contributed by atoms with Crippen molar-refractivity contribution in [2.24, 2.45) is 11.8 Å². The van der Waals surface area contributed by atoms with Crippen molar-refractivity contribution in [3.63, 3.8) is 0 Å². The van der Waals surface area contributed by atoms with Gasteiger partial charge in [-0.3, -0.25) is 14.4 Å². The molecule has 7 nitrogen and oxygen atoms in total. The summed E-state index contributed by atoms with van der Waals surface area (Å²) in [5.41, 5.74) is 2.52. The first kappa shape index (κ1) is 30.7. The summed E-state index contributed by atoms with van der Waals surface area (Å²) in [6.07, 6.45) is 4.68. The highest BCUT2D eigenvalue weighted by molar-refractivity contribution is 5.86. The van der Waals surface area contributed by atoms with Gasteiger partial charge in [-0.2, -0.15) is 0 Å². The van der Waals surface area contributed by atoms with Gasteiger partial charge in [0, 0.05) is 19.5 Å². The van der Waals surface area contributed by atoms with Crippen molar-refractivity contribution in [3.05, 3.63) is 120 Å². The summed E-state index contributed by atoms with van der Waals surface area (Å²) in [7, 11) is 0. The van der Waals surface area contributed by atoms with Crippen molar-refractivity contribution < 1.29 is 28.6 Å². The predicted octanol–water partition coefficient (Wildman–Crippen LogP) is 4.76. The first-order valence-corrected chi connectivity index (χ1v) is 14.3. The number of nitrogens with zero attached hydrogens (tertiary/aromatic N) is 1. The van der Waals surface area contributed by atoms with Crippen molar-refractivity contribution >= 4 is 17.8 Å². The number of amides is 2. The standard InChI is InChI=1S/C34H37FN2O5/c35-30-17-15-25(16-18-30)21-29-14-8-7-13-28(22-32(39)37(19-20-38)23-26-9-3-1-4-10-26)33(40)36-31(24-42-34(29)41)27-11-5-2-6-12-27/h1-12,15-18,28-29,31,38H,13-14,19-24H2,(H,36,40)/b8-7-/t28-,29+,31-/m1/s1. The Hall–Kier alpha value is -4.30. The summed E-state index contributed by atoms with van der Waals surface area (Å²) in [5.74, 6) is -2.45. The number of aliphatic hydroxyl groups excluding tert-OH is 1. The third kappa shape index (κ3) is 9.11. The van der Waals surface area contributed by atoms with Gasteiger partial charge in [0.2, 0.25) is 11.8 Å². The topological polar surface area (TPSA) is 95.9 Å². The fourth-order valence-corrected chi connectivity index (χ4v) is 5.01. The molecule has 0 aromatic heterocycles. The van der Waals surface area contributed by atoms with E-state index in [1.165, 1.54) is 12.1 Å². The lowest BCUT2D eigenvalue weighted by Gasteiger charge is -2.27. The summed E-state index contributed by atoms with van der Waals surface area (Å²) in [5, 5.41) is 12.6.